The van der Waals surface area contributed by atoms with E-state index in [1.807, 2.05) is 73.3 Å². The van der Waals surface area contributed by atoms with Gasteiger partial charge in [0.2, 0.25) is 5.91 Å². The Bertz CT molecular complexity index is 1030. The van der Waals surface area contributed by atoms with E-state index >= 15 is 0 Å². The third kappa shape index (κ3) is 3.98. The van der Waals surface area contributed by atoms with Gasteiger partial charge in [-0.25, -0.2) is 10.1 Å². The number of rotatable bonds is 5. The molecule has 0 aliphatic carbocycles. The minimum Gasteiger partial charge on any atom is -0.349 e. The Balaban J connectivity index is 1.85. The Hall–Kier alpha value is -3.61. The third-order valence-corrected chi connectivity index (χ3v) is 4.17. The Labute approximate surface area is 156 Å². The van der Waals surface area contributed by atoms with Crippen molar-refractivity contribution < 1.29 is 4.79 Å². The number of amides is 1. The molecule has 0 aliphatic rings. The van der Waals surface area contributed by atoms with Crippen LogP contribution in [0.25, 0.3) is 5.69 Å². The topological polar surface area (TPSA) is 80.4 Å². The molecule has 0 fully saturated rings. The normalized spacial score (nSPS) is 10.9. The molecule has 1 heterocycles. The molecule has 3 aromatic rings. The predicted octanol–water partition coefficient (Wildman–Crippen LogP) is 2.70. The average Bonchev–Trinajstić information content (AvgIpc) is 2.87. The molecule has 3 rings (SSSR count). The van der Waals surface area contributed by atoms with Crippen molar-refractivity contribution in [2.24, 2.45) is 12.1 Å². The van der Waals surface area contributed by atoms with Crippen LogP contribution in [0.15, 0.2) is 64.5 Å². The van der Waals surface area contributed by atoms with Crippen molar-refractivity contribution in [3.63, 3.8) is 0 Å². The number of para-hydroxylation sites is 1. The molecule has 0 spiro atoms. The van der Waals surface area contributed by atoms with Crippen molar-refractivity contribution in [3.8, 4) is 5.69 Å². The minimum absolute atomic E-state index is 0.113. The molecular formula is C20H21N5O2. The predicted molar refractivity (Wildman–Crippen MR) is 107 cm³/mol. The molecule has 0 saturated heterocycles. The summed E-state index contributed by atoms with van der Waals surface area (Å²) < 4.78 is 3.46. The molecule has 7 nitrogen and oxygen atoms in total. The maximum absolute atomic E-state index is 12.9. The molecule has 0 aliphatic heterocycles. The average molecular weight is 363 g/mol. The van der Waals surface area contributed by atoms with E-state index in [9.17, 15) is 9.59 Å². The van der Waals surface area contributed by atoms with Gasteiger partial charge in [-0.15, -0.1) is 0 Å². The SMILES string of the molecule is CC(=O)N/N=C\c1ccc(Nc2c(C)n(C)n(-c3ccccc3)c2=O)cc1. The van der Waals surface area contributed by atoms with Crippen LogP contribution in [-0.4, -0.2) is 21.5 Å². The molecular weight excluding hydrogens is 342 g/mol. The number of hydrogen-bond donors (Lipinski definition) is 2. The highest BCUT2D eigenvalue weighted by molar-refractivity contribution is 5.82. The van der Waals surface area contributed by atoms with Gasteiger partial charge in [0.05, 0.1) is 17.6 Å². The number of nitrogens with one attached hydrogen (secondary N) is 2. The van der Waals surface area contributed by atoms with E-state index in [1.165, 1.54) is 6.92 Å². The van der Waals surface area contributed by atoms with Gasteiger partial charge in [0.1, 0.15) is 5.69 Å². The second-order valence-electron chi connectivity index (χ2n) is 6.11. The van der Waals surface area contributed by atoms with Crippen molar-refractivity contribution in [1.82, 2.24) is 14.8 Å². The van der Waals surface area contributed by atoms with Crippen molar-refractivity contribution in [2.45, 2.75) is 13.8 Å². The van der Waals surface area contributed by atoms with Crippen LogP contribution in [-0.2, 0) is 11.8 Å². The van der Waals surface area contributed by atoms with Crippen LogP contribution in [0.3, 0.4) is 0 Å². The number of benzene rings is 2. The molecule has 2 aromatic carbocycles. The molecule has 0 bridgehead atoms. The van der Waals surface area contributed by atoms with Gasteiger partial charge in [-0.05, 0) is 36.8 Å². The van der Waals surface area contributed by atoms with Crippen molar-refractivity contribution in [1.29, 1.82) is 0 Å². The van der Waals surface area contributed by atoms with E-state index in [1.54, 1.807) is 10.9 Å². The first-order valence-corrected chi connectivity index (χ1v) is 8.48. The number of hydrazone groups is 1. The molecule has 2 N–H and O–H groups in total. The van der Waals surface area contributed by atoms with Crippen LogP contribution in [0.5, 0.6) is 0 Å². The van der Waals surface area contributed by atoms with E-state index in [-0.39, 0.29) is 11.5 Å². The largest absolute Gasteiger partial charge is 0.349 e. The summed E-state index contributed by atoms with van der Waals surface area (Å²) in [6.07, 6.45) is 1.56. The van der Waals surface area contributed by atoms with E-state index in [2.05, 4.69) is 15.8 Å². The van der Waals surface area contributed by atoms with E-state index < -0.39 is 0 Å². The number of aromatic nitrogens is 2. The molecule has 0 unspecified atom stereocenters. The van der Waals surface area contributed by atoms with Crippen LogP contribution in [0.1, 0.15) is 18.2 Å². The quantitative estimate of drug-likeness (QED) is 0.540. The van der Waals surface area contributed by atoms with E-state index in [4.69, 9.17) is 0 Å². The molecule has 0 atom stereocenters. The molecule has 27 heavy (non-hydrogen) atoms. The summed E-state index contributed by atoms with van der Waals surface area (Å²) in [5.74, 6) is -0.223. The Kier molecular flexibility index (Phi) is 5.21. The van der Waals surface area contributed by atoms with Crippen LogP contribution in [0, 0.1) is 6.92 Å². The molecule has 138 valence electrons. The number of carbonyl (C=O) groups excluding carboxylic acids is 1. The highest BCUT2D eigenvalue weighted by Gasteiger charge is 2.15. The van der Waals surface area contributed by atoms with Gasteiger partial charge >= 0.3 is 0 Å². The molecule has 7 heteroatoms. The number of nitrogens with zero attached hydrogens (tertiary/aromatic N) is 3. The Morgan fingerprint density at radius 2 is 1.74 bits per heavy atom. The standard InChI is InChI=1S/C20H21N5O2/c1-14-19(20(27)25(24(14)3)18-7-5-4-6-8-18)22-17-11-9-16(10-12-17)13-21-23-15(2)26/h4-13,22H,1-3H3,(H,23,26)/b21-13-. The molecule has 0 radical (unpaired) electrons. The smallest absolute Gasteiger partial charge is 0.295 e. The van der Waals surface area contributed by atoms with Gasteiger partial charge in [0.15, 0.2) is 0 Å². The van der Waals surface area contributed by atoms with Crippen LogP contribution < -0.4 is 16.3 Å². The van der Waals surface area contributed by atoms with Crippen molar-refractivity contribution >= 4 is 23.5 Å². The first-order chi connectivity index (χ1) is 13.0. The highest BCUT2D eigenvalue weighted by atomic mass is 16.2. The number of carbonyl (C=O) groups is 1. The zero-order chi connectivity index (χ0) is 19.4. The Morgan fingerprint density at radius 3 is 2.37 bits per heavy atom. The number of anilines is 2. The summed E-state index contributed by atoms with van der Waals surface area (Å²) in [6.45, 7) is 3.30. The summed E-state index contributed by atoms with van der Waals surface area (Å²) in [5, 5.41) is 7.03. The van der Waals surface area contributed by atoms with Gasteiger partial charge in [0, 0.05) is 19.7 Å². The fourth-order valence-electron chi connectivity index (χ4n) is 2.71. The maximum Gasteiger partial charge on any atom is 0.295 e. The second kappa shape index (κ2) is 7.74. The highest BCUT2D eigenvalue weighted by Crippen LogP contribution is 2.19. The lowest BCUT2D eigenvalue weighted by Crippen LogP contribution is -2.20. The molecule has 1 aromatic heterocycles. The van der Waals surface area contributed by atoms with Crippen LogP contribution in [0.4, 0.5) is 11.4 Å². The van der Waals surface area contributed by atoms with E-state index in [0.717, 1.165) is 22.6 Å². The summed E-state index contributed by atoms with van der Waals surface area (Å²) in [4.78, 5) is 23.7. The molecule has 1 amide bonds. The molecule has 0 saturated carbocycles. The van der Waals surface area contributed by atoms with Gasteiger partial charge in [-0.3, -0.25) is 14.3 Å². The van der Waals surface area contributed by atoms with Crippen LogP contribution >= 0.6 is 0 Å². The lowest BCUT2D eigenvalue weighted by Gasteiger charge is -2.07. The number of hydrogen-bond acceptors (Lipinski definition) is 4. The monoisotopic (exact) mass is 363 g/mol. The summed E-state index contributed by atoms with van der Waals surface area (Å²) in [6, 6.07) is 16.9. The zero-order valence-corrected chi connectivity index (χ0v) is 15.4. The lowest BCUT2D eigenvalue weighted by atomic mass is 10.2. The minimum atomic E-state index is -0.223. The summed E-state index contributed by atoms with van der Waals surface area (Å²) in [5.41, 5.74) is 6.04. The summed E-state index contributed by atoms with van der Waals surface area (Å²) in [7, 11) is 1.86. The Morgan fingerprint density at radius 1 is 1.07 bits per heavy atom. The fraction of sp³-hybridized carbons (Fsp3) is 0.150. The first kappa shape index (κ1) is 18.2. The van der Waals surface area contributed by atoms with Crippen LogP contribution in [0.2, 0.25) is 0 Å². The van der Waals surface area contributed by atoms with E-state index in [0.29, 0.717) is 5.69 Å². The van der Waals surface area contributed by atoms with Gasteiger partial charge in [0.25, 0.3) is 5.56 Å². The summed E-state index contributed by atoms with van der Waals surface area (Å²) >= 11 is 0. The van der Waals surface area contributed by atoms with Crippen molar-refractivity contribution in [3.05, 3.63) is 76.2 Å². The van der Waals surface area contributed by atoms with Gasteiger partial charge in [-0.1, -0.05) is 30.3 Å². The maximum atomic E-state index is 12.9. The first-order valence-electron chi connectivity index (χ1n) is 8.48. The second-order valence-corrected chi connectivity index (χ2v) is 6.11. The third-order valence-electron chi connectivity index (χ3n) is 4.17. The van der Waals surface area contributed by atoms with Gasteiger partial charge in [-0.2, -0.15) is 5.10 Å². The van der Waals surface area contributed by atoms with Gasteiger partial charge < -0.3 is 5.32 Å². The zero-order valence-electron chi connectivity index (χ0n) is 15.4. The van der Waals surface area contributed by atoms with Crippen molar-refractivity contribution in [2.75, 3.05) is 5.32 Å². The fourth-order valence-corrected chi connectivity index (χ4v) is 2.71. The lowest BCUT2D eigenvalue weighted by molar-refractivity contribution is -0.118.